The second kappa shape index (κ2) is 9.35. The zero-order chi connectivity index (χ0) is 15.0. The van der Waals surface area contributed by atoms with Crippen LogP contribution in [0.2, 0.25) is 0 Å². The first-order valence-electron chi connectivity index (χ1n) is 8.39. The molecule has 118 valence electrons. The Morgan fingerprint density at radius 2 is 1.80 bits per heavy atom. The van der Waals surface area contributed by atoms with Crippen molar-refractivity contribution in [1.29, 1.82) is 0 Å². The maximum atomic E-state index is 12.2. The van der Waals surface area contributed by atoms with Gasteiger partial charge in [0.15, 0.2) is 0 Å². The molecule has 4 heteroatoms. The first-order chi connectivity index (χ1) is 9.60. The SMILES string of the molecule is CCCN(CC(=O)NC(CC)CC)C1CCC(N)CC1. The molecule has 0 aromatic carbocycles. The van der Waals surface area contributed by atoms with Crippen LogP contribution in [-0.2, 0) is 4.79 Å². The van der Waals surface area contributed by atoms with Gasteiger partial charge in [0, 0.05) is 18.1 Å². The molecule has 0 radical (unpaired) electrons. The molecule has 20 heavy (non-hydrogen) atoms. The van der Waals surface area contributed by atoms with Crippen molar-refractivity contribution in [2.45, 2.75) is 83.8 Å². The molecule has 1 fully saturated rings. The van der Waals surface area contributed by atoms with E-state index in [9.17, 15) is 4.79 Å². The van der Waals surface area contributed by atoms with E-state index in [1.165, 1.54) is 0 Å². The van der Waals surface area contributed by atoms with Crippen LogP contribution in [0.5, 0.6) is 0 Å². The number of carbonyl (C=O) groups excluding carboxylic acids is 1. The predicted molar refractivity (Wildman–Crippen MR) is 84.6 cm³/mol. The smallest absolute Gasteiger partial charge is 0.234 e. The van der Waals surface area contributed by atoms with E-state index in [0.29, 0.717) is 24.7 Å². The molecule has 1 aliphatic carbocycles. The summed E-state index contributed by atoms with van der Waals surface area (Å²) in [7, 11) is 0. The molecule has 1 aliphatic rings. The van der Waals surface area contributed by atoms with E-state index in [4.69, 9.17) is 5.73 Å². The number of nitrogens with two attached hydrogens (primary N) is 1. The Morgan fingerprint density at radius 1 is 1.20 bits per heavy atom. The van der Waals surface area contributed by atoms with Gasteiger partial charge in [0.1, 0.15) is 0 Å². The summed E-state index contributed by atoms with van der Waals surface area (Å²) < 4.78 is 0. The van der Waals surface area contributed by atoms with Crippen molar-refractivity contribution in [3.05, 3.63) is 0 Å². The lowest BCUT2D eigenvalue weighted by molar-refractivity contribution is -0.123. The van der Waals surface area contributed by atoms with Gasteiger partial charge in [-0.2, -0.15) is 0 Å². The molecule has 4 nitrogen and oxygen atoms in total. The van der Waals surface area contributed by atoms with Crippen molar-refractivity contribution >= 4 is 5.91 Å². The van der Waals surface area contributed by atoms with Gasteiger partial charge in [-0.3, -0.25) is 9.69 Å². The van der Waals surface area contributed by atoms with Gasteiger partial charge in [0.25, 0.3) is 0 Å². The third-order valence-corrected chi connectivity index (χ3v) is 4.47. The van der Waals surface area contributed by atoms with Crippen molar-refractivity contribution in [3.8, 4) is 0 Å². The van der Waals surface area contributed by atoms with Crippen LogP contribution >= 0.6 is 0 Å². The molecular formula is C16H33N3O. The molecule has 0 spiro atoms. The lowest BCUT2D eigenvalue weighted by atomic mass is 9.90. The topological polar surface area (TPSA) is 58.4 Å². The molecule has 0 aliphatic heterocycles. The lowest BCUT2D eigenvalue weighted by Gasteiger charge is -2.35. The van der Waals surface area contributed by atoms with Crippen molar-refractivity contribution < 1.29 is 4.79 Å². The Labute approximate surface area is 124 Å². The number of carbonyl (C=O) groups is 1. The largest absolute Gasteiger partial charge is 0.352 e. The summed E-state index contributed by atoms with van der Waals surface area (Å²) in [4.78, 5) is 14.6. The van der Waals surface area contributed by atoms with Gasteiger partial charge < -0.3 is 11.1 Å². The Morgan fingerprint density at radius 3 is 2.30 bits per heavy atom. The number of nitrogens with zero attached hydrogens (tertiary/aromatic N) is 1. The first kappa shape index (κ1) is 17.4. The van der Waals surface area contributed by atoms with E-state index < -0.39 is 0 Å². The lowest BCUT2D eigenvalue weighted by Crippen LogP contribution is -2.47. The highest BCUT2D eigenvalue weighted by Crippen LogP contribution is 2.22. The Balaban J connectivity index is 2.47. The minimum absolute atomic E-state index is 0.182. The summed E-state index contributed by atoms with van der Waals surface area (Å²) >= 11 is 0. The van der Waals surface area contributed by atoms with Gasteiger partial charge in [-0.25, -0.2) is 0 Å². The van der Waals surface area contributed by atoms with Crippen molar-refractivity contribution in [3.63, 3.8) is 0 Å². The highest BCUT2D eigenvalue weighted by atomic mass is 16.2. The number of rotatable bonds is 8. The predicted octanol–water partition coefficient (Wildman–Crippen LogP) is 2.27. The Hall–Kier alpha value is -0.610. The monoisotopic (exact) mass is 283 g/mol. The highest BCUT2D eigenvalue weighted by Gasteiger charge is 2.25. The van der Waals surface area contributed by atoms with Crippen molar-refractivity contribution in [2.24, 2.45) is 5.73 Å². The Bertz CT molecular complexity index is 271. The minimum atomic E-state index is 0.182. The van der Waals surface area contributed by atoms with E-state index in [0.717, 1.165) is 51.5 Å². The molecule has 1 amide bonds. The summed E-state index contributed by atoms with van der Waals surface area (Å²) in [6, 6.07) is 1.24. The number of amides is 1. The standard InChI is InChI=1S/C16H33N3O/c1-4-11-19(15-9-7-13(17)8-10-15)12-16(20)18-14(5-2)6-3/h13-15H,4-12,17H2,1-3H3,(H,18,20). The average Bonchev–Trinajstić information content (AvgIpc) is 2.45. The molecular weight excluding hydrogens is 250 g/mol. The van der Waals surface area contributed by atoms with E-state index in [-0.39, 0.29) is 5.91 Å². The highest BCUT2D eigenvalue weighted by molar-refractivity contribution is 5.78. The van der Waals surface area contributed by atoms with Gasteiger partial charge in [-0.1, -0.05) is 20.8 Å². The maximum Gasteiger partial charge on any atom is 0.234 e. The summed E-state index contributed by atoms with van der Waals surface area (Å²) in [5.41, 5.74) is 5.98. The summed E-state index contributed by atoms with van der Waals surface area (Å²) in [5, 5.41) is 3.15. The van der Waals surface area contributed by atoms with Crippen LogP contribution in [0.15, 0.2) is 0 Å². The molecule has 1 rings (SSSR count). The fraction of sp³-hybridized carbons (Fsp3) is 0.938. The van der Waals surface area contributed by atoms with Gasteiger partial charge >= 0.3 is 0 Å². The molecule has 0 heterocycles. The van der Waals surface area contributed by atoms with Crippen LogP contribution in [0.1, 0.15) is 65.7 Å². The average molecular weight is 283 g/mol. The number of nitrogens with one attached hydrogen (secondary N) is 1. The second-order valence-electron chi connectivity index (χ2n) is 6.12. The molecule has 0 atom stereocenters. The van der Waals surface area contributed by atoms with Crippen LogP contribution in [-0.4, -0.2) is 42.0 Å². The van der Waals surface area contributed by atoms with E-state index in [1.54, 1.807) is 0 Å². The zero-order valence-electron chi connectivity index (χ0n) is 13.5. The van der Waals surface area contributed by atoms with Crippen LogP contribution in [0.25, 0.3) is 0 Å². The van der Waals surface area contributed by atoms with Gasteiger partial charge in [0.05, 0.1) is 6.54 Å². The first-order valence-corrected chi connectivity index (χ1v) is 8.39. The quantitative estimate of drug-likeness (QED) is 0.718. The van der Waals surface area contributed by atoms with E-state index >= 15 is 0 Å². The van der Waals surface area contributed by atoms with Crippen molar-refractivity contribution in [1.82, 2.24) is 10.2 Å². The van der Waals surface area contributed by atoms with Gasteiger partial charge in [-0.15, -0.1) is 0 Å². The summed E-state index contributed by atoms with van der Waals surface area (Å²) in [5.74, 6) is 0.182. The molecule has 0 bridgehead atoms. The van der Waals surface area contributed by atoms with Crippen molar-refractivity contribution in [2.75, 3.05) is 13.1 Å². The summed E-state index contributed by atoms with van der Waals surface area (Å²) in [6.45, 7) is 7.99. The molecule has 0 aromatic heterocycles. The minimum Gasteiger partial charge on any atom is -0.352 e. The van der Waals surface area contributed by atoms with E-state index in [2.05, 4.69) is 31.0 Å². The second-order valence-corrected chi connectivity index (χ2v) is 6.12. The van der Waals surface area contributed by atoms with Crippen LogP contribution in [0.3, 0.4) is 0 Å². The zero-order valence-corrected chi connectivity index (χ0v) is 13.5. The number of hydrogen-bond acceptors (Lipinski definition) is 3. The molecule has 0 aromatic rings. The molecule has 1 saturated carbocycles. The third kappa shape index (κ3) is 5.80. The van der Waals surface area contributed by atoms with Gasteiger partial charge in [0.2, 0.25) is 5.91 Å². The van der Waals surface area contributed by atoms with Crippen LogP contribution < -0.4 is 11.1 Å². The van der Waals surface area contributed by atoms with E-state index in [1.807, 2.05) is 0 Å². The van der Waals surface area contributed by atoms with Crippen LogP contribution in [0, 0.1) is 0 Å². The fourth-order valence-electron chi connectivity index (χ4n) is 3.10. The van der Waals surface area contributed by atoms with Crippen LogP contribution in [0.4, 0.5) is 0 Å². The fourth-order valence-corrected chi connectivity index (χ4v) is 3.10. The molecule has 3 N–H and O–H groups in total. The Kier molecular flexibility index (Phi) is 8.15. The maximum absolute atomic E-state index is 12.2. The number of hydrogen-bond donors (Lipinski definition) is 2. The molecule has 0 unspecified atom stereocenters. The normalized spacial score (nSPS) is 23.3. The third-order valence-electron chi connectivity index (χ3n) is 4.47. The summed E-state index contributed by atoms with van der Waals surface area (Å²) in [6.07, 6.45) is 7.58. The van der Waals surface area contributed by atoms with Gasteiger partial charge in [-0.05, 0) is 51.5 Å². The molecule has 0 saturated heterocycles.